The number of nitrogens with one attached hydrogen (secondary N) is 2. The van der Waals surface area contributed by atoms with Crippen molar-refractivity contribution in [2.75, 3.05) is 34.4 Å². The van der Waals surface area contributed by atoms with Crippen molar-refractivity contribution in [3.05, 3.63) is 17.7 Å². The minimum absolute atomic E-state index is 0.0840. The second-order valence-electron chi connectivity index (χ2n) is 5.71. The largest absolute Gasteiger partial charge is 0.493 e. The molecule has 1 heterocycles. The van der Waals surface area contributed by atoms with Crippen molar-refractivity contribution in [2.45, 2.75) is 25.8 Å². The van der Waals surface area contributed by atoms with Crippen molar-refractivity contribution in [2.24, 2.45) is 5.92 Å². The summed E-state index contributed by atoms with van der Waals surface area (Å²) in [6, 6.07) is 3.61. The standard InChI is InChI=1S/C17H26N2O4/c1-11(19-17(20)12-5-7-18-8-6-12)13-9-14(21-2)16(23-4)15(10-13)22-3/h9-12,18H,5-8H2,1-4H3,(H,19,20). The number of ether oxygens (including phenoxy) is 3. The number of amides is 1. The smallest absolute Gasteiger partial charge is 0.223 e. The number of carbonyl (C=O) groups excluding carboxylic acids is 1. The van der Waals surface area contributed by atoms with Crippen molar-refractivity contribution in [1.29, 1.82) is 0 Å². The molecule has 1 aromatic carbocycles. The minimum Gasteiger partial charge on any atom is -0.493 e. The van der Waals surface area contributed by atoms with Gasteiger partial charge in [-0.25, -0.2) is 0 Å². The molecule has 1 aliphatic heterocycles. The van der Waals surface area contributed by atoms with Gasteiger partial charge in [-0.2, -0.15) is 0 Å². The zero-order chi connectivity index (χ0) is 16.8. The highest BCUT2D eigenvalue weighted by atomic mass is 16.5. The monoisotopic (exact) mass is 322 g/mol. The predicted molar refractivity (Wildman–Crippen MR) is 88.2 cm³/mol. The Hall–Kier alpha value is -1.95. The molecule has 6 heteroatoms. The van der Waals surface area contributed by atoms with Crippen molar-refractivity contribution < 1.29 is 19.0 Å². The summed E-state index contributed by atoms with van der Waals surface area (Å²) in [5.41, 5.74) is 0.918. The summed E-state index contributed by atoms with van der Waals surface area (Å²) in [5.74, 6) is 1.92. The molecule has 2 N–H and O–H groups in total. The SMILES string of the molecule is COc1cc(C(C)NC(=O)C2CCNCC2)cc(OC)c1OC. The number of hydrogen-bond donors (Lipinski definition) is 2. The van der Waals surface area contributed by atoms with E-state index in [4.69, 9.17) is 14.2 Å². The summed E-state index contributed by atoms with van der Waals surface area (Å²) in [6.45, 7) is 3.76. The van der Waals surface area contributed by atoms with Gasteiger partial charge in [-0.15, -0.1) is 0 Å². The molecule has 1 unspecified atom stereocenters. The molecule has 0 spiro atoms. The third-order valence-corrected chi connectivity index (χ3v) is 4.26. The van der Waals surface area contributed by atoms with E-state index in [9.17, 15) is 4.79 Å². The number of rotatable bonds is 6. The molecule has 1 aliphatic rings. The van der Waals surface area contributed by atoms with E-state index in [-0.39, 0.29) is 17.9 Å². The lowest BCUT2D eigenvalue weighted by Gasteiger charge is -2.24. The number of methoxy groups -OCH3 is 3. The highest BCUT2D eigenvalue weighted by Crippen LogP contribution is 2.39. The first-order valence-corrected chi connectivity index (χ1v) is 7.91. The lowest BCUT2D eigenvalue weighted by Crippen LogP contribution is -2.39. The third kappa shape index (κ3) is 4.07. The molecule has 1 amide bonds. The van der Waals surface area contributed by atoms with E-state index in [0.717, 1.165) is 31.5 Å². The second-order valence-corrected chi connectivity index (χ2v) is 5.71. The molecular weight excluding hydrogens is 296 g/mol. The number of piperidine rings is 1. The van der Waals surface area contributed by atoms with Crippen LogP contribution in [0.15, 0.2) is 12.1 Å². The molecule has 23 heavy (non-hydrogen) atoms. The lowest BCUT2D eigenvalue weighted by molar-refractivity contribution is -0.126. The normalized spacial score (nSPS) is 16.5. The molecule has 1 atom stereocenters. The van der Waals surface area contributed by atoms with Crippen LogP contribution in [0.2, 0.25) is 0 Å². The quantitative estimate of drug-likeness (QED) is 0.837. The van der Waals surface area contributed by atoms with Crippen LogP contribution in [0.1, 0.15) is 31.4 Å². The van der Waals surface area contributed by atoms with Crippen LogP contribution in [-0.2, 0) is 4.79 Å². The van der Waals surface area contributed by atoms with Crippen LogP contribution in [0.3, 0.4) is 0 Å². The van der Waals surface area contributed by atoms with Crippen LogP contribution in [-0.4, -0.2) is 40.3 Å². The molecule has 128 valence electrons. The summed E-state index contributed by atoms with van der Waals surface area (Å²) in [7, 11) is 4.74. The number of carbonyl (C=O) groups is 1. The van der Waals surface area contributed by atoms with Gasteiger partial charge in [0.1, 0.15) is 0 Å². The fourth-order valence-electron chi connectivity index (χ4n) is 2.85. The van der Waals surface area contributed by atoms with Crippen molar-refractivity contribution >= 4 is 5.91 Å². The first kappa shape index (κ1) is 17.4. The molecule has 2 rings (SSSR count). The van der Waals surface area contributed by atoms with Crippen LogP contribution in [0.25, 0.3) is 0 Å². The van der Waals surface area contributed by atoms with Gasteiger partial charge in [0.25, 0.3) is 0 Å². The molecule has 1 aromatic rings. The van der Waals surface area contributed by atoms with Crippen LogP contribution >= 0.6 is 0 Å². The van der Waals surface area contributed by atoms with Crippen molar-refractivity contribution in [3.63, 3.8) is 0 Å². The fourth-order valence-corrected chi connectivity index (χ4v) is 2.85. The van der Waals surface area contributed by atoms with Crippen LogP contribution in [0.4, 0.5) is 0 Å². The van der Waals surface area contributed by atoms with Gasteiger partial charge in [-0.05, 0) is 50.6 Å². The Morgan fingerprint density at radius 2 is 1.70 bits per heavy atom. The van der Waals surface area contributed by atoms with E-state index < -0.39 is 0 Å². The van der Waals surface area contributed by atoms with Gasteiger partial charge in [0.2, 0.25) is 11.7 Å². The van der Waals surface area contributed by atoms with Gasteiger partial charge in [0.15, 0.2) is 11.5 Å². The Balaban J connectivity index is 2.14. The number of benzene rings is 1. The zero-order valence-corrected chi connectivity index (χ0v) is 14.3. The Morgan fingerprint density at radius 3 is 2.17 bits per heavy atom. The zero-order valence-electron chi connectivity index (χ0n) is 14.3. The molecular formula is C17H26N2O4. The Morgan fingerprint density at radius 1 is 1.13 bits per heavy atom. The van der Waals surface area contributed by atoms with Crippen LogP contribution < -0.4 is 24.8 Å². The third-order valence-electron chi connectivity index (χ3n) is 4.26. The average Bonchev–Trinajstić information content (AvgIpc) is 2.60. The van der Waals surface area contributed by atoms with Crippen molar-refractivity contribution in [1.82, 2.24) is 10.6 Å². The maximum atomic E-state index is 12.4. The predicted octanol–water partition coefficient (Wildman–Crippen LogP) is 1.89. The van der Waals surface area contributed by atoms with Gasteiger partial charge in [-0.3, -0.25) is 4.79 Å². The Kier molecular flexibility index (Phi) is 6.10. The van der Waals surface area contributed by atoms with E-state index in [1.165, 1.54) is 0 Å². The molecule has 0 radical (unpaired) electrons. The molecule has 1 saturated heterocycles. The highest BCUT2D eigenvalue weighted by molar-refractivity contribution is 5.79. The van der Waals surface area contributed by atoms with Crippen molar-refractivity contribution in [3.8, 4) is 17.2 Å². The molecule has 0 saturated carbocycles. The number of hydrogen-bond acceptors (Lipinski definition) is 5. The van der Waals surface area contributed by atoms with Gasteiger partial charge in [0.05, 0.1) is 27.4 Å². The summed E-state index contributed by atoms with van der Waals surface area (Å²) in [6.07, 6.45) is 1.77. The summed E-state index contributed by atoms with van der Waals surface area (Å²) in [5, 5.41) is 6.36. The maximum absolute atomic E-state index is 12.4. The van der Waals surface area contributed by atoms with E-state index in [0.29, 0.717) is 17.2 Å². The van der Waals surface area contributed by atoms with Gasteiger partial charge in [0, 0.05) is 5.92 Å². The lowest BCUT2D eigenvalue weighted by atomic mass is 9.96. The first-order chi connectivity index (χ1) is 11.1. The van der Waals surface area contributed by atoms with Gasteiger partial charge < -0.3 is 24.8 Å². The van der Waals surface area contributed by atoms with E-state index >= 15 is 0 Å². The van der Waals surface area contributed by atoms with E-state index in [1.807, 2.05) is 19.1 Å². The summed E-state index contributed by atoms with van der Waals surface area (Å²) in [4.78, 5) is 12.4. The molecule has 0 aromatic heterocycles. The van der Waals surface area contributed by atoms with Gasteiger partial charge in [-0.1, -0.05) is 0 Å². The fraction of sp³-hybridized carbons (Fsp3) is 0.588. The Bertz CT molecular complexity index is 516. The second kappa shape index (κ2) is 8.06. The molecule has 6 nitrogen and oxygen atoms in total. The minimum atomic E-state index is -0.133. The summed E-state index contributed by atoms with van der Waals surface area (Å²) >= 11 is 0. The molecule has 1 fully saturated rings. The molecule has 0 bridgehead atoms. The van der Waals surface area contributed by atoms with Gasteiger partial charge >= 0.3 is 0 Å². The topological polar surface area (TPSA) is 68.8 Å². The Labute approximate surface area is 137 Å². The summed E-state index contributed by atoms with van der Waals surface area (Å²) < 4.78 is 16.1. The van der Waals surface area contributed by atoms with E-state index in [1.54, 1.807) is 21.3 Å². The first-order valence-electron chi connectivity index (χ1n) is 7.91. The molecule has 0 aliphatic carbocycles. The van der Waals surface area contributed by atoms with E-state index in [2.05, 4.69) is 10.6 Å². The highest BCUT2D eigenvalue weighted by Gasteiger charge is 2.23. The van der Waals surface area contributed by atoms with Crippen LogP contribution in [0.5, 0.6) is 17.2 Å². The van der Waals surface area contributed by atoms with Crippen LogP contribution in [0, 0.1) is 5.92 Å². The average molecular weight is 322 g/mol. The maximum Gasteiger partial charge on any atom is 0.223 e.